The molecule has 0 saturated heterocycles. The van der Waals surface area contributed by atoms with Gasteiger partial charge in [0.2, 0.25) is 11.1 Å². The smallest absolute Gasteiger partial charge is 0.348 e. The number of thiophene rings is 1. The molecule has 0 spiro atoms. The summed E-state index contributed by atoms with van der Waals surface area (Å²) in [4.78, 5) is 29.5. The maximum absolute atomic E-state index is 12.5. The monoisotopic (exact) mass is 509 g/mol. The van der Waals surface area contributed by atoms with Crippen molar-refractivity contribution in [2.24, 2.45) is 0 Å². The molecule has 0 saturated carbocycles. The van der Waals surface area contributed by atoms with Crippen LogP contribution in [0, 0.1) is 18.3 Å². The van der Waals surface area contributed by atoms with Crippen LogP contribution in [-0.4, -0.2) is 39.4 Å². The third-order valence-corrected chi connectivity index (χ3v) is 6.74. The minimum Gasteiger partial charge on any atom is -0.463 e. The summed E-state index contributed by atoms with van der Waals surface area (Å²) < 4.78 is 15.9. The molecule has 1 amide bonds. The van der Waals surface area contributed by atoms with Crippen molar-refractivity contribution in [1.29, 1.82) is 5.26 Å². The number of carbonyl (C=O) groups excluding carboxylic acids is 2. The molecule has 1 N–H and O–H groups in total. The summed E-state index contributed by atoms with van der Waals surface area (Å²) >= 11 is 2.28. The molecule has 0 bridgehead atoms. The first-order chi connectivity index (χ1) is 17.0. The van der Waals surface area contributed by atoms with E-state index >= 15 is 0 Å². The molecule has 0 aliphatic rings. The molecule has 12 heteroatoms. The van der Waals surface area contributed by atoms with Gasteiger partial charge in [0, 0.05) is 12.2 Å². The highest BCUT2D eigenvalue weighted by Gasteiger charge is 2.22. The van der Waals surface area contributed by atoms with Crippen LogP contribution < -0.4 is 5.32 Å². The van der Waals surface area contributed by atoms with E-state index in [9.17, 15) is 14.9 Å². The van der Waals surface area contributed by atoms with Gasteiger partial charge in [-0.15, -0.1) is 21.5 Å². The van der Waals surface area contributed by atoms with Crippen LogP contribution in [0.1, 0.15) is 34.1 Å². The molecule has 0 radical (unpaired) electrons. The lowest BCUT2D eigenvalue weighted by Crippen LogP contribution is -2.12. The van der Waals surface area contributed by atoms with E-state index in [1.807, 2.05) is 6.07 Å². The zero-order valence-electron chi connectivity index (χ0n) is 18.7. The van der Waals surface area contributed by atoms with Crippen LogP contribution in [0.25, 0.3) is 22.9 Å². The molecule has 0 aromatic carbocycles. The minimum atomic E-state index is -0.516. The van der Waals surface area contributed by atoms with Crippen LogP contribution in [-0.2, 0) is 9.53 Å². The van der Waals surface area contributed by atoms with E-state index in [1.54, 1.807) is 38.1 Å². The number of esters is 1. The molecule has 0 aliphatic carbocycles. The number of nitriles is 1. The Bertz CT molecular complexity index is 1370. The van der Waals surface area contributed by atoms with Gasteiger partial charge in [0.15, 0.2) is 17.2 Å². The molecule has 178 valence electrons. The number of aromatic nitrogens is 3. The number of hydrogen-bond acceptors (Lipinski definition) is 11. The van der Waals surface area contributed by atoms with Crippen molar-refractivity contribution in [3.8, 4) is 29.0 Å². The minimum absolute atomic E-state index is 0.126. The van der Waals surface area contributed by atoms with Gasteiger partial charge in [-0.1, -0.05) is 11.8 Å². The summed E-state index contributed by atoms with van der Waals surface area (Å²) in [5.74, 6) is 0.562. The van der Waals surface area contributed by atoms with Crippen molar-refractivity contribution < 1.29 is 23.2 Å². The molecule has 0 unspecified atom stereocenters. The Hall–Kier alpha value is -3.95. The topological polar surface area (TPSA) is 144 Å². The van der Waals surface area contributed by atoms with E-state index in [-0.39, 0.29) is 24.5 Å². The first-order valence-corrected chi connectivity index (χ1v) is 12.3. The number of carbonyl (C=O) groups is 2. The second kappa shape index (κ2) is 11.0. The molecule has 35 heavy (non-hydrogen) atoms. The summed E-state index contributed by atoms with van der Waals surface area (Å²) in [6, 6.07) is 9.05. The van der Waals surface area contributed by atoms with E-state index in [2.05, 4.69) is 20.5 Å². The molecule has 4 aromatic rings. The van der Waals surface area contributed by atoms with Crippen LogP contribution in [0.3, 0.4) is 0 Å². The van der Waals surface area contributed by atoms with Crippen molar-refractivity contribution in [3.63, 3.8) is 0 Å². The lowest BCUT2D eigenvalue weighted by Gasteiger charge is -2.06. The molecule has 4 aromatic heterocycles. The Kier molecular flexibility index (Phi) is 7.59. The average Bonchev–Trinajstić information content (AvgIpc) is 3.61. The van der Waals surface area contributed by atoms with Gasteiger partial charge >= 0.3 is 5.97 Å². The molecule has 4 rings (SSSR count). The summed E-state index contributed by atoms with van der Waals surface area (Å²) in [6.07, 6.45) is 3.20. The number of thioether (sulfide) groups is 1. The quantitative estimate of drug-likeness (QED) is 0.243. The summed E-state index contributed by atoms with van der Waals surface area (Å²) in [7, 11) is 0. The lowest BCUT2D eigenvalue weighted by atomic mass is 10.2. The number of amides is 1. The summed E-state index contributed by atoms with van der Waals surface area (Å²) in [5.41, 5.74) is 1.66. The van der Waals surface area contributed by atoms with Crippen molar-refractivity contribution in [3.05, 3.63) is 52.8 Å². The van der Waals surface area contributed by atoms with Crippen LogP contribution in [0.5, 0.6) is 0 Å². The van der Waals surface area contributed by atoms with Crippen molar-refractivity contribution in [1.82, 2.24) is 15.2 Å². The fourth-order valence-corrected chi connectivity index (χ4v) is 4.88. The molecular formula is C23H19N5O5S2. The average molecular weight is 510 g/mol. The molecule has 0 atom stereocenters. The van der Waals surface area contributed by atoms with E-state index < -0.39 is 5.97 Å². The molecular weight excluding hydrogens is 490 g/mol. The molecule has 0 aliphatic heterocycles. The Morgan fingerprint density at radius 2 is 1.89 bits per heavy atom. The largest absolute Gasteiger partial charge is 0.463 e. The zero-order chi connectivity index (χ0) is 24.8. The number of furan rings is 2. The Morgan fingerprint density at radius 1 is 1.17 bits per heavy atom. The van der Waals surface area contributed by atoms with E-state index in [1.165, 1.54) is 24.3 Å². The fraction of sp³-hybridized carbons (Fsp3) is 0.217. The van der Waals surface area contributed by atoms with Crippen molar-refractivity contribution >= 4 is 40.0 Å². The highest BCUT2D eigenvalue weighted by Crippen LogP contribution is 2.33. The molecule has 10 nitrogen and oxygen atoms in total. The van der Waals surface area contributed by atoms with Gasteiger partial charge in [-0.05, 0) is 43.7 Å². The SMILES string of the molecule is CCOC(=O)c1sc(NC(=O)CCSc2nnc(-c3ccco3)c(-c3ccco3)n2)c(C#N)c1C. The van der Waals surface area contributed by atoms with E-state index in [0.717, 1.165) is 11.3 Å². The third kappa shape index (κ3) is 5.42. The van der Waals surface area contributed by atoms with Gasteiger partial charge in [-0.25, -0.2) is 9.78 Å². The van der Waals surface area contributed by atoms with Crippen molar-refractivity contribution in [2.75, 3.05) is 17.7 Å². The fourth-order valence-electron chi connectivity index (χ4n) is 3.09. The van der Waals surface area contributed by atoms with Gasteiger partial charge < -0.3 is 18.9 Å². The number of anilines is 1. The maximum atomic E-state index is 12.5. The van der Waals surface area contributed by atoms with Gasteiger partial charge in [0.05, 0.1) is 24.7 Å². The predicted octanol–water partition coefficient (Wildman–Crippen LogP) is 4.93. The first-order valence-electron chi connectivity index (χ1n) is 10.5. The molecule has 4 heterocycles. The predicted molar refractivity (Wildman–Crippen MR) is 129 cm³/mol. The highest BCUT2D eigenvalue weighted by atomic mass is 32.2. The van der Waals surface area contributed by atoms with Gasteiger partial charge in [-0.2, -0.15) is 5.26 Å². The second-order valence-electron chi connectivity index (χ2n) is 6.99. The van der Waals surface area contributed by atoms with Gasteiger partial charge in [0.25, 0.3) is 0 Å². The van der Waals surface area contributed by atoms with Crippen LogP contribution in [0.2, 0.25) is 0 Å². The number of rotatable bonds is 9. The second-order valence-corrected chi connectivity index (χ2v) is 9.07. The van der Waals surface area contributed by atoms with Crippen LogP contribution in [0.4, 0.5) is 5.00 Å². The Morgan fingerprint density at radius 3 is 2.51 bits per heavy atom. The van der Waals surface area contributed by atoms with Gasteiger partial charge in [0.1, 0.15) is 21.6 Å². The van der Waals surface area contributed by atoms with E-state index in [4.69, 9.17) is 13.6 Å². The third-order valence-electron chi connectivity index (χ3n) is 4.71. The maximum Gasteiger partial charge on any atom is 0.348 e. The number of nitrogens with zero attached hydrogens (tertiary/aromatic N) is 4. The van der Waals surface area contributed by atoms with Gasteiger partial charge in [-0.3, -0.25) is 4.79 Å². The number of nitrogens with one attached hydrogen (secondary N) is 1. The molecule has 0 fully saturated rings. The van der Waals surface area contributed by atoms with Crippen LogP contribution >= 0.6 is 23.1 Å². The highest BCUT2D eigenvalue weighted by molar-refractivity contribution is 7.99. The van der Waals surface area contributed by atoms with Crippen molar-refractivity contribution in [2.45, 2.75) is 25.4 Å². The normalized spacial score (nSPS) is 10.7. The van der Waals surface area contributed by atoms with Crippen LogP contribution in [0.15, 0.2) is 50.8 Å². The lowest BCUT2D eigenvalue weighted by molar-refractivity contribution is -0.115. The summed E-state index contributed by atoms with van der Waals surface area (Å²) in [6.45, 7) is 3.58. The Labute approximate surface area is 208 Å². The first kappa shape index (κ1) is 24.2. The zero-order valence-corrected chi connectivity index (χ0v) is 20.4. The van der Waals surface area contributed by atoms with E-state index in [0.29, 0.717) is 49.3 Å². The summed E-state index contributed by atoms with van der Waals surface area (Å²) in [5, 5.41) is 21.3. The number of hydrogen-bond donors (Lipinski definition) is 1. The standard InChI is InChI=1S/C23H19N5O5S2/c1-3-31-22(30)20-13(2)14(12-24)21(35-20)25-17(29)8-11-34-23-26-18(15-6-4-9-32-15)19(27-28-23)16-7-5-10-33-16/h4-7,9-10H,3,8,11H2,1-2H3,(H,25,29). The number of ether oxygens (including phenoxy) is 1. The Balaban J connectivity index is 1.42.